The van der Waals surface area contributed by atoms with Gasteiger partial charge in [0.2, 0.25) is 0 Å². The van der Waals surface area contributed by atoms with E-state index < -0.39 is 0 Å². The molecule has 1 N–H and O–H groups in total. The Morgan fingerprint density at radius 3 is 2.73 bits per heavy atom. The molecule has 0 fully saturated rings. The summed E-state index contributed by atoms with van der Waals surface area (Å²) in [6.07, 6.45) is 2.27. The van der Waals surface area contributed by atoms with Crippen molar-refractivity contribution in [3.63, 3.8) is 0 Å². The van der Waals surface area contributed by atoms with Crippen molar-refractivity contribution >= 4 is 23.1 Å². The predicted octanol–water partition coefficient (Wildman–Crippen LogP) is 3.20. The SMILES string of the molecule is COC(=O)C1=C(C)NC2=C(C(=O)CCC2)[C@@H]1c1ccc(C)s1. The first-order chi connectivity index (χ1) is 10.5. The van der Waals surface area contributed by atoms with E-state index in [-0.39, 0.29) is 17.7 Å². The predicted molar refractivity (Wildman–Crippen MR) is 85.5 cm³/mol. The van der Waals surface area contributed by atoms with E-state index in [0.29, 0.717) is 12.0 Å². The Morgan fingerprint density at radius 2 is 2.09 bits per heavy atom. The standard InChI is InChI=1S/C17H19NO3S/c1-9-7-8-13(22-9)16-14(17(20)21-3)10(2)18-11-5-4-6-12(19)15(11)16/h7-8,16,18H,4-6H2,1-3H3/t16-/m1/s1. The first kappa shape index (κ1) is 15.0. The van der Waals surface area contributed by atoms with Gasteiger partial charge in [-0.05, 0) is 38.8 Å². The van der Waals surface area contributed by atoms with E-state index >= 15 is 0 Å². The molecule has 2 aliphatic rings. The number of carbonyl (C=O) groups excluding carboxylic acids is 2. The van der Waals surface area contributed by atoms with Gasteiger partial charge in [0.15, 0.2) is 5.78 Å². The van der Waals surface area contributed by atoms with Crippen LogP contribution in [0.5, 0.6) is 0 Å². The third-order valence-electron chi connectivity index (χ3n) is 4.23. The van der Waals surface area contributed by atoms with Gasteiger partial charge in [-0.3, -0.25) is 4.79 Å². The van der Waals surface area contributed by atoms with Gasteiger partial charge >= 0.3 is 5.97 Å². The molecule has 0 aromatic carbocycles. The van der Waals surface area contributed by atoms with E-state index in [1.54, 1.807) is 11.3 Å². The number of carbonyl (C=O) groups is 2. The van der Waals surface area contributed by atoms with Crippen LogP contribution in [0.15, 0.2) is 34.7 Å². The molecule has 4 nitrogen and oxygen atoms in total. The summed E-state index contributed by atoms with van der Waals surface area (Å²) in [6, 6.07) is 4.04. The minimum Gasteiger partial charge on any atom is -0.466 e. The maximum Gasteiger partial charge on any atom is 0.336 e. The molecule has 0 spiro atoms. The van der Waals surface area contributed by atoms with Gasteiger partial charge in [0.1, 0.15) is 0 Å². The lowest BCUT2D eigenvalue weighted by molar-refractivity contribution is -0.136. The van der Waals surface area contributed by atoms with Gasteiger partial charge in [-0.25, -0.2) is 4.79 Å². The fraction of sp³-hybridized carbons (Fsp3) is 0.412. The van der Waals surface area contributed by atoms with Crippen LogP contribution in [0.3, 0.4) is 0 Å². The lowest BCUT2D eigenvalue weighted by Crippen LogP contribution is -2.33. The number of aryl methyl sites for hydroxylation is 1. The van der Waals surface area contributed by atoms with Gasteiger partial charge in [0, 0.05) is 33.1 Å². The summed E-state index contributed by atoms with van der Waals surface area (Å²) in [5, 5.41) is 3.26. The number of rotatable bonds is 2. The zero-order chi connectivity index (χ0) is 15.9. The van der Waals surface area contributed by atoms with Crippen LogP contribution in [-0.2, 0) is 14.3 Å². The van der Waals surface area contributed by atoms with Gasteiger partial charge in [-0.2, -0.15) is 0 Å². The molecule has 3 rings (SSSR count). The number of esters is 1. The zero-order valence-electron chi connectivity index (χ0n) is 13.0. The largest absolute Gasteiger partial charge is 0.466 e. The van der Waals surface area contributed by atoms with Crippen LogP contribution in [-0.4, -0.2) is 18.9 Å². The maximum atomic E-state index is 12.5. The number of Topliss-reactive ketones (excluding diaryl/α,β-unsaturated/α-hetero) is 1. The van der Waals surface area contributed by atoms with Gasteiger partial charge in [0.05, 0.1) is 18.6 Å². The van der Waals surface area contributed by atoms with Gasteiger partial charge in [-0.1, -0.05) is 0 Å². The average Bonchev–Trinajstić information content (AvgIpc) is 2.91. The first-order valence-corrected chi connectivity index (χ1v) is 8.23. The van der Waals surface area contributed by atoms with Crippen LogP contribution in [0, 0.1) is 6.92 Å². The van der Waals surface area contributed by atoms with Crippen LogP contribution < -0.4 is 5.32 Å². The molecule has 1 aromatic heterocycles. The molecule has 2 heterocycles. The number of hydrogen-bond donors (Lipinski definition) is 1. The topological polar surface area (TPSA) is 55.4 Å². The van der Waals surface area contributed by atoms with Crippen molar-refractivity contribution in [2.24, 2.45) is 0 Å². The van der Waals surface area contributed by atoms with E-state index in [2.05, 4.69) is 5.32 Å². The van der Waals surface area contributed by atoms with Crippen molar-refractivity contribution in [3.05, 3.63) is 44.4 Å². The quantitative estimate of drug-likeness (QED) is 0.851. The molecule has 1 aliphatic heterocycles. The third-order valence-corrected chi connectivity index (χ3v) is 5.29. The molecule has 22 heavy (non-hydrogen) atoms. The lowest BCUT2D eigenvalue weighted by atomic mass is 9.78. The fourth-order valence-corrected chi connectivity index (χ4v) is 4.25. The Kier molecular flexibility index (Phi) is 3.91. The summed E-state index contributed by atoms with van der Waals surface area (Å²) in [7, 11) is 1.38. The maximum absolute atomic E-state index is 12.5. The highest BCUT2D eigenvalue weighted by molar-refractivity contribution is 7.12. The van der Waals surface area contributed by atoms with Crippen LogP contribution in [0.1, 0.15) is 41.9 Å². The number of nitrogens with one attached hydrogen (secondary N) is 1. The molecule has 116 valence electrons. The van der Waals surface area contributed by atoms with Gasteiger partial charge < -0.3 is 10.1 Å². The molecular weight excluding hydrogens is 298 g/mol. The van der Waals surface area contributed by atoms with E-state index in [1.165, 1.54) is 12.0 Å². The lowest BCUT2D eigenvalue weighted by Gasteiger charge is -2.33. The van der Waals surface area contributed by atoms with Crippen molar-refractivity contribution in [3.8, 4) is 0 Å². The second-order valence-electron chi connectivity index (χ2n) is 5.71. The Morgan fingerprint density at radius 1 is 1.32 bits per heavy atom. The highest BCUT2D eigenvalue weighted by Crippen LogP contribution is 2.44. The highest BCUT2D eigenvalue weighted by Gasteiger charge is 2.39. The second-order valence-corrected chi connectivity index (χ2v) is 7.03. The molecule has 1 aromatic rings. The molecule has 0 bridgehead atoms. The normalized spacial score (nSPS) is 21.6. The summed E-state index contributed by atoms with van der Waals surface area (Å²) >= 11 is 1.63. The number of ether oxygens (including phenoxy) is 1. The van der Waals surface area contributed by atoms with Crippen molar-refractivity contribution in [1.82, 2.24) is 5.32 Å². The highest BCUT2D eigenvalue weighted by atomic mass is 32.1. The Hall–Kier alpha value is -1.88. The van der Waals surface area contributed by atoms with Crippen LogP contribution in [0.4, 0.5) is 0 Å². The molecule has 0 saturated carbocycles. The number of hydrogen-bond acceptors (Lipinski definition) is 5. The number of methoxy groups -OCH3 is 1. The van der Waals surface area contributed by atoms with Crippen LogP contribution in [0.2, 0.25) is 0 Å². The molecule has 5 heteroatoms. The van der Waals surface area contributed by atoms with Gasteiger partial charge in [0.25, 0.3) is 0 Å². The fourth-order valence-electron chi connectivity index (χ4n) is 3.26. The van der Waals surface area contributed by atoms with Crippen molar-refractivity contribution < 1.29 is 14.3 Å². The van der Waals surface area contributed by atoms with Gasteiger partial charge in [-0.15, -0.1) is 11.3 Å². The van der Waals surface area contributed by atoms with E-state index in [4.69, 9.17) is 4.74 Å². The third kappa shape index (κ3) is 2.39. The summed E-state index contributed by atoms with van der Waals surface area (Å²) in [5.41, 5.74) is 3.06. The number of ketones is 1. The van der Waals surface area contributed by atoms with Crippen molar-refractivity contribution in [2.45, 2.75) is 39.0 Å². The van der Waals surface area contributed by atoms with Crippen LogP contribution in [0.25, 0.3) is 0 Å². The minimum atomic E-state index is -0.369. The molecule has 1 aliphatic carbocycles. The monoisotopic (exact) mass is 317 g/mol. The Labute approximate surface area is 133 Å². The van der Waals surface area contributed by atoms with E-state index in [1.807, 2.05) is 26.0 Å². The molecule has 0 amide bonds. The van der Waals surface area contributed by atoms with Crippen molar-refractivity contribution in [2.75, 3.05) is 7.11 Å². The van der Waals surface area contributed by atoms with E-state index in [9.17, 15) is 9.59 Å². The molecule has 1 atom stereocenters. The summed E-state index contributed by atoms with van der Waals surface area (Å²) in [5.74, 6) is -0.528. The zero-order valence-corrected chi connectivity index (χ0v) is 13.8. The Balaban J connectivity index is 2.18. The van der Waals surface area contributed by atoms with E-state index in [0.717, 1.165) is 34.7 Å². The average molecular weight is 317 g/mol. The minimum absolute atomic E-state index is 0.138. The molecule has 0 unspecified atom stereocenters. The Bertz CT molecular complexity index is 711. The smallest absolute Gasteiger partial charge is 0.336 e. The number of thiophene rings is 1. The van der Waals surface area contributed by atoms with Crippen LogP contribution >= 0.6 is 11.3 Å². The number of dihydropyridines is 1. The molecular formula is C17H19NO3S. The molecule has 0 radical (unpaired) electrons. The number of allylic oxidation sites excluding steroid dienone is 3. The first-order valence-electron chi connectivity index (χ1n) is 7.41. The summed E-state index contributed by atoms with van der Waals surface area (Å²) < 4.78 is 4.97. The van der Waals surface area contributed by atoms with Crippen molar-refractivity contribution in [1.29, 1.82) is 0 Å². The second kappa shape index (κ2) is 5.72. The summed E-state index contributed by atoms with van der Waals surface area (Å²) in [6.45, 7) is 3.91. The molecule has 0 saturated heterocycles. The summed E-state index contributed by atoms with van der Waals surface area (Å²) in [4.78, 5) is 27.0.